The van der Waals surface area contributed by atoms with E-state index in [0.717, 1.165) is 11.3 Å². The van der Waals surface area contributed by atoms with Crippen molar-refractivity contribution in [1.29, 1.82) is 0 Å². The van der Waals surface area contributed by atoms with Crippen LogP contribution in [0.5, 0.6) is 11.5 Å². The minimum atomic E-state index is -0.845. The van der Waals surface area contributed by atoms with E-state index < -0.39 is 5.60 Å². The zero-order chi connectivity index (χ0) is 23.2. The fourth-order valence-corrected chi connectivity index (χ4v) is 4.97. The van der Waals surface area contributed by atoms with Crippen LogP contribution in [0.25, 0.3) is 5.52 Å². The molecular weight excluding hydrogens is 462 g/mol. The van der Waals surface area contributed by atoms with Crippen molar-refractivity contribution in [3.63, 3.8) is 0 Å². The first-order valence-corrected chi connectivity index (χ1v) is 12.1. The molecule has 1 amide bonds. The lowest BCUT2D eigenvalue weighted by Gasteiger charge is -2.18. The number of hydrogen-bond donors (Lipinski definition) is 3. The zero-order valence-electron chi connectivity index (χ0n) is 18.5. The van der Waals surface area contributed by atoms with Crippen LogP contribution < -0.4 is 14.2 Å². The van der Waals surface area contributed by atoms with Crippen LogP contribution in [0.1, 0.15) is 42.1 Å². The molecule has 2 fully saturated rings. The fourth-order valence-electron chi connectivity index (χ4n) is 3.95. The van der Waals surface area contributed by atoms with E-state index in [1.54, 1.807) is 40.9 Å². The SMILES string of the molecule is Cc1c(C(=O)N2CC[C@](C)(O)C2)cn2nccc(Oc3ccc(NSNC4CC4)c(Cl)c3)c12. The summed E-state index contributed by atoms with van der Waals surface area (Å²) in [6, 6.07) is 7.83. The Hall–Kier alpha value is -2.46. The molecule has 0 radical (unpaired) electrons. The van der Waals surface area contributed by atoms with Gasteiger partial charge in [0.1, 0.15) is 11.3 Å². The normalized spacial score (nSPS) is 20.4. The summed E-state index contributed by atoms with van der Waals surface area (Å²) in [5, 5.41) is 15.1. The second-order valence-electron chi connectivity index (χ2n) is 8.97. The summed E-state index contributed by atoms with van der Waals surface area (Å²) in [5.41, 5.74) is 2.00. The van der Waals surface area contributed by atoms with E-state index in [4.69, 9.17) is 16.3 Å². The molecule has 1 atom stereocenters. The van der Waals surface area contributed by atoms with Crippen molar-refractivity contribution in [3.8, 4) is 11.5 Å². The van der Waals surface area contributed by atoms with Gasteiger partial charge in [-0.2, -0.15) is 5.10 Å². The molecule has 10 heteroatoms. The lowest BCUT2D eigenvalue weighted by Crippen LogP contribution is -2.34. The summed E-state index contributed by atoms with van der Waals surface area (Å²) >= 11 is 7.88. The number of fused-ring (bicyclic) bond motifs is 1. The van der Waals surface area contributed by atoms with Gasteiger partial charge in [0.2, 0.25) is 0 Å². The van der Waals surface area contributed by atoms with Crippen molar-refractivity contribution < 1.29 is 14.6 Å². The van der Waals surface area contributed by atoms with Gasteiger partial charge in [-0.25, -0.2) is 9.24 Å². The number of carbonyl (C=O) groups is 1. The Morgan fingerprint density at radius 2 is 2.18 bits per heavy atom. The molecule has 174 valence electrons. The Bertz CT molecular complexity index is 1210. The number of nitrogens with zero attached hydrogens (tertiary/aromatic N) is 3. The first-order valence-electron chi connectivity index (χ1n) is 10.9. The number of aryl methyl sites for hydroxylation is 1. The van der Waals surface area contributed by atoms with E-state index in [1.807, 2.05) is 19.1 Å². The van der Waals surface area contributed by atoms with Gasteiger partial charge in [0.15, 0.2) is 5.75 Å². The number of aliphatic hydroxyl groups is 1. The molecule has 8 nitrogen and oxygen atoms in total. The van der Waals surface area contributed by atoms with Gasteiger partial charge in [0.05, 0.1) is 28.1 Å². The lowest BCUT2D eigenvalue weighted by molar-refractivity contribution is 0.0572. The van der Waals surface area contributed by atoms with Crippen LogP contribution in [0.4, 0.5) is 5.69 Å². The molecule has 1 aliphatic carbocycles. The molecule has 0 spiro atoms. The average molecular weight is 488 g/mol. The fraction of sp³-hybridized carbons (Fsp3) is 0.391. The van der Waals surface area contributed by atoms with Crippen molar-refractivity contribution in [2.75, 3.05) is 17.8 Å². The molecule has 3 N–H and O–H groups in total. The molecule has 0 unspecified atom stereocenters. The molecule has 0 bridgehead atoms. The highest BCUT2D eigenvalue weighted by Crippen LogP contribution is 2.35. The van der Waals surface area contributed by atoms with Gasteiger partial charge in [-0.05, 0) is 50.8 Å². The summed E-state index contributed by atoms with van der Waals surface area (Å²) in [6.07, 6.45) is 6.34. The quantitative estimate of drug-likeness (QED) is 0.425. The van der Waals surface area contributed by atoms with Gasteiger partial charge in [0, 0.05) is 49.6 Å². The molecule has 3 heterocycles. The maximum atomic E-state index is 13.1. The molecular formula is C23H26ClN5O3S. The largest absolute Gasteiger partial charge is 0.455 e. The molecule has 2 aliphatic rings. The predicted octanol–water partition coefficient (Wildman–Crippen LogP) is 4.41. The minimum Gasteiger partial charge on any atom is -0.455 e. The van der Waals surface area contributed by atoms with E-state index in [2.05, 4.69) is 14.5 Å². The van der Waals surface area contributed by atoms with Gasteiger partial charge < -0.3 is 19.5 Å². The Labute approximate surface area is 201 Å². The molecule has 2 aromatic heterocycles. The van der Waals surface area contributed by atoms with Crippen LogP contribution in [-0.2, 0) is 0 Å². The van der Waals surface area contributed by atoms with E-state index in [1.165, 1.54) is 25.0 Å². The maximum absolute atomic E-state index is 13.1. The number of aromatic nitrogens is 2. The summed E-state index contributed by atoms with van der Waals surface area (Å²) in [7, 11) is 0. The van der Waals surface area contributed by atoms with Crippen molar-refractivity contribution in [2.45, 2.75) is 44.8 Å². The predicted molar refractivity (Wildman–Crippen MR) is 130 cm³/mol. The Kier molecular flexibility index (Phi) is 5.90. The Morgan fingerprint density at radius 1 is 1.36 bits per heavy atom. The number of ether oxygens (including phenoxy) is 1. The highest BCUT2D eigenvalue weighted by atomic mass is 35.5. The van der Waals surface area contributed by atoms with Crippen molar-refractivity contribution in [3.05, 3.63) is 52.8 Å². The van der Waals surface area contributed by atoms with Gasteiger partial charge in [0.25, 0.3) is 5.91 Å². The van der Waals surface area contributed by atoms with E-state index >= 15 is 0 Å². The van der Waals surface area contributed by atoms with Crippen LogP contribution in [0.3, 0.4) is 0 Å². The van der Waals surface area contributed by atoms with E-state index in [0.29, 0.717) is 53.2 Å². The third kappa shape index (κ3) is 4.77. The summed E-state index contributed by atoms with van der Waals surface area (Å²) in [5.74, 6) is 1.05. The number of anilines is 1. The highest BCUT2D eigenvalue weighted by molar-refractivity contribution is 7.98. The van der Waals surface area contributed by atoms with Gasteiger partial charge in [-0.3, -0.25) is 4.79 Å². The number of β-amino-alcohol motifs (C(OH)–C–C–N with tert-alkyl or cyclic N) is 1. The van der Waals surface area contributed by atoms with Crippen LogP contribution in [0.15, 0.2) is 36.7 Å². The summed E-state index contributed by atoms with van der Waals surface area (Å²) in [6.45, 7) is 4.49. The van der Waals surface area contributed by atoms with Gasteiger partial charge in [-0.15, -0.1) is 0 Å². The maximum Gasteiger partial charge on any atom is 0.255 e. The topological polar surface area (TPSA) is 91.1 Å². The van der Waals surface area contributed by atoms with Crippen LogP contribution >= 0.6 is 23.7 Å². The van der Waals surface area contributed by atoms with Crippen LogP contribution in [-0.4, -0.2) is 50.3 Å². The molecule has 3 aromatic rings. The first-order chi connectivity index (χ1) is 15.8. The van der Waals surface area contributed by atoms with Gasteiger partial charge in [-0.1, -0.05) is 11.6 Å². The molecule has 5 rings (SSSR count). The number of hydrogen-bond acceptors (Lipinski definition) is 7. The van der Waals surface area contributed by atoms with Crippen LogP contribution in [0.2, 0.25) is 5.02 Å². The Morgan fingerprint density at radius 3 is 2.88 bits per heavy atom. The first kappa shape index (κ1) is 22.3. The second-order valence-corrected chi connectivity index (χ2v) is 10.0. The minimum absolute atomic E-state index is 0.113. The Balaban J connectivity index is 1.36. The standard InChI is InChI=1S/C23H26ClN5O3S/c1-14-17(22(30)28-10-8-23(2,31)13-28)12-29-21(14)20(7-9-25-29)32-16-5-6-19(18(24)11-16)27-33-26-15-3-4-15/h5-7,9,11-12,15,26-27,31H,3-4,8,10,13H2,1-2H3/t23-/m0/s1. The number of likely N-dealkylation sites (tertiary alicyclic amines) is 1. The summed E-state index contributed by atoms with van der Waals surface area (Å²) in [4.78, 5) is 14.8. The average Bonchev–Trinajstić information content (AvgIpc) is 3.44. The highest BCUT2D eigenvalue weighted by Gasteiger charge is 2.35. The van der Waals surface area contributed by atoms with Crippen molar-refractivity contribution in [1.82, 2.24) is 19.2 Å². The summed E-state index contributed by atoms with van der Waals surface area (Å²) < 4.78 is 14.3. The third-order valence-corrected chi connectivity index (χ3v) is 7.08. The second kappa shape index (κ2) is 8.72. The smallest absolute Gasteiger partial charge is 0.255 e. The number of amides is 1. The number of rotatable bonds is 7. The lowest BCUT2D eigenvalue weighted by atomic mass is 10.1. The molecule has 1 aliphatic heterocycles. The molecule has 1 aromatic carbocycles. The van der Waals surface area contributed by atoms with Crippen molar-refractivity contribution >= 4 is 40.8 Å². The van der Waals surface area contributed by atoms with E-state index in [9.17, 15) is 9.90 Å². The number of halogens is 1. The molecule has 1 saturated carbocycles. The third-order valence-electron chi connectivity index (χ3n) is 5.99. The van der Waals surface area contributed by atoms with Gasteiger partial charge >= 0.3 is 0 Å². The van der Waals surface area contributed by atoms with E-state index in [-0.39, 0.29) is 5.91 Å². The number of nitrogens with one attached hydrogen (secondary N) is 2. The monoisotopic (exact) mass is 487 g/mol. The van der Waals surface area contributed by atoms with Crippen LogP contribution in [0, 0.1) is 6.92 Å². The number of carbonyl (C=O) groups excluding carboxylic acids is 1. The molecule has 33 heavy (non-hydrogen) atoms. The number of benzene rings is 1. The zero-order valence-corrected chi connectivity index (χ0v) is 20.0. The molecule has 1 saturated heterocycles. The van der Waals surface area contributed by atoms with Crippen molar-refractivity contribution in [2.24, 2.45) is 0 Å².